The standard InChI is InChI=1S/C14H20ClNO2S/c1-12-6-2-3-7-13(12)19(17,18)16-11-14(10-15)8-4-5-9-14/h2-3,6-7,16H,4-5,8-11H2,1H3. The third kappa shape index (κ3) is 3.30. The van der Waals surface area contributed by atoms with Gasteiger partial charge in [0.25, 0.3) is 0 Å². The fraction of sp³-hybridized carbons (Fsp3) is 0.571. The molecular formula is C14H20ClNO2S. The van der Waals surface area contributed by atoms with Crippen molar-refractivity contribution < 1.29 is 8.42 Å². The Kier molecular flexibility index (Phi) is 4.54. The molecule has 0 saturated heterocycles. The van der Waals surface area contributed by atoms with E-state index >= 15 is 0 Å². The summed E-state index contributed by atoms with van der Waals surface area (Å²) in [5.74, 6) is 0.517. The highest BCUT2D eigenvalue weighted by Crippen LogP contribution is 2.38. The molecule has 0 amide bonds. The summed E-state index contributed by atoms with van der Waals surface area (Å²) in [5.41, 5.74) is 0.707. The highest BCUT2D eigenvalue weighted by molar-refractivity contribution is 7.89. The molecule has 1 saturated carbocycles. The molecule has 1 aromatic carbocycles. The summed E-state index contributed by atoms with van der Waals surface area (Å²) in [7, 11) is -3.44. The smallest absolute Gasteiger partial charge is 0.211 e. The van der Waals surface area contributed by atoms with Gasteiger partial charge in [0.2, 0.25) is 10.0 Å². The minimum absolute atomic E-state index is 0.0582. The summed E-state index contributed by atoms with van der Waals surface area (Å²) in [6.07, 6.45) is 4.29. The average molecular weight is 302 g/mol. The van der Waals surface area contributed by atoms with Gasteiger partial charge in [-0.3, -0.25) is 0 Å². The summed E-state index contributed by atoms with van der Waals surface area (Å²) in [6.45, 7) is 2.24. The van der Waals surface area contributed by atoms with Gasteiger partial charge in [0.05, 0.1) is 4.90 Å². The molecule has 1 fully saturated rings. The van der Waals surface area contributed by atoms with Crippen LogP contribution in [0.1, 0.15) is 31.2 Å². The van der Waals surface area contributed by atoms with Gasteiger partial charge in [0.1, 0.15) is 0 Å². The fourth-order valence-corrected chi connectivity index (χ4v) is 4.43. The van der Waals surface area contributed by atoms with Crippen LogP contribution in [0.25, 0.3) is 0 Å². The number of aryl methyl sites for hydroxylation is 1. The van der Waals surface area contributed by atoms with Gasteiger partial charge >= 0.3 is 0 Å². The topological polar surface area (TPSA) is 46.2 Å². The highest BCUT2D eigenvalue weighted by Gasteiger charge is 2.34. The lowest BCUT2D eigenvalue weighted by molar-refractivity contribution is 0.342. The van der Waals surface area contributed by atoms with Gasteiger partial charge < -0.3 is 0 Å². The van der Waals surface area contributed by atoms with E-state index in [-0.39, 0.29) is 5.41 Å². The molecule has 0 unspecified atom stereocenters. The van der Waals surface area contributed by atoms with Crippen molar-refractivity contribution >= 4 is 21.6 Å². The molecule has 0 atom stereocenters. The maximum atomic E-state index is 12.3. The molecule has 0 bridgehead atoms. The predicted octanol–water partition coefficient (Wildman–Crippen LogP) is 3.07. The molecule has 1 aromatic rings. The molecule has 0 aromatic heterocycles. The van der Waals surface area contributed by atoms with E-state index in [1.54, 1.807) is 25.1 Å². The Hall–Kier alpha value is -0.580. The molecule has 0 spiro atoms. The Morgan fingerprint density at radius 3 is 2.47 bits per heavy atom. The Labute approximate surface area is 120 Å². The van der Waals surface area contributed by atoms with Crippen LogP contribution in [-0.2, 0) is 10.0 Å². The van der Waals surface area contributed by atoms with Crippen LogP contribution in [0.5, 0.6) is 0 Å². The lowest BCUT2D eigenvalue weighted by Gasteiger charge is -2.26. The Bertz CT molecular complexity index is 536. The number of nitrogens with one attached hydrogen (secondary N) is 1. The largest absolute Gasteiger partial charge is 0.240 e. The van der Waals surface area contributed by atoms with Gasteiger partial charge in [-0.15, -0.1) is 11.6 Å². The maximum Gasteiger partial charge on any atom is 0.240 e. The van der Waals surface area contributed by atoms with E-state index in [1.165, 1.54) is 0 Å². The summed E-state index contributed by atoms with van der Waals surface area (Å²) in [5, 5.41) is 0. The molecule has 2 rings (SSSR count). The molecule has 0 aliphatic heterocycles. The van der Waals surface area contributed by atoms with E-state index in [1.807, 2.05) is 6.07 Å². The number of sulfonamides is 1. The summed E-state index contributed by atoms with van der Waals surface area (Å²) < 4.78 is 27.4. The summed E-state index contributed by atoms with van der Waals surface area (Å²) in [4.78, 5) is 0.359. The number of alkyl halides is 1. The van der Waals surface area contributed by atoms with Crippen molar-refractivity contribution in [2.45, 2.75) is 37.5 Å². The van der Waals surface area contributed by atoms with Crippen molar-refractivity contribution in [2.24, 2.45) is 5.41 Å². The van der Waals surface area contributed by atoms with E-state index in [4.69, 9.17) is 11.6 Å². The van der Waals surface area contributed by atoms with Crippen molar-refractivity contribution in [3.8, 4) is 0 Å². The average Bonchev–Trinajstić information content (AvgIpc) is 2.86. The van der Waals surface area contributed by atoms with Gasteiger partial charge in [0, 0.05) is 12.4 Å². The van der Waals surface area contributed by atoms with Gasteiger partial charge in [0.15, 0.2) is 0 Å². The molecule has 1 aliphatic rings. The molecule has 1 aliphatic carbocycles. The van der Waals surface area contributed by atoms with Gasteiger partial charge in [-0.25, -0.2) is 13.1 Å². The van der Waals surface area contributed by atoms with E-state index in [0.717, 1.165) is 31.2 Å². The molecule has 19 heavy (non-hydrogen) atoms. The van der Waals surface area contributed by atoms with Crippen LogP contribution in [0.15, 0.2) is 29.2 Å². The number of halogens is 1. The molecule has 1 N–H and O–H groups in total. The molecular weight excluding hydrogens is 282 g/mol. The fourth-order valence-electron chi connectivity index (χ4n) is 2.67. The first-order valence-corrected chi connectivity index (χ1v) is 8.62. The zero-order valence-electron chi connectivity index (χ0n) is 11.2. The molecule has 106 valence electrons. The van der Waals surface area contributed by atoms with E-state index < -0.39 is 10.0 Å². The van der Waals surface area contributed by atoms with Crippen LogP contribution in [-0.4, -0.2) is 20.8 Å². The van der Waals surface area contributed by atoms with Gasteiger partial charge in [-0.2, -0.15) is 0 Å². The normalized spacial score (nSPS) is 18.6. The second-order valence-corrected chi connectivity index (χ2v) is 7.43. The summed E-state index contributed by atoms with van der Waals surface area (Å²) in [6, 6.07) is 7.03. The molecule has 5 heteroatoms. The van der Waals surface area contributed by atoms with E-state index in [0.29, 0.717) is 17.3 Å². The predicted molar refractivity (Wildman–Crippen MR) is 78.0 cm³/mol. The number of hydrogen-bond donors (Lipinski definition) is 1. The Morgan fingerprint density at radius 2 is 1.89 bits per heavy atom. The Balaban J connectivity index is 2.12. The van der Waals surface area contributed by atoms with Crippen molar-refractivity contribution in [3.05, 3.63) is 29.8 Å². The van der Waals surface area contributed by atoms with Crippen LogP contribution < -0.4 is 4.72 Å². The maximum absolute atomic E-state index is 12.3. The Morgan fingerprint density at radius 1 is 1.26 bits per heavy atom. The first-order chi connectivity index (χ1) is 8.99. The quantitative estimate of drug-likeness (QED) is 0.850. The van der Waals surface area contributed by atoms with Crippen LogP contribution in [0, 0.1) is 12.3 Å². The first kappa shape index (κ1) is 14.8. The van der Waals surface area contributed by atoms with Crippen LogP contribution in [0.4, 0.5) is 0 Å². The van der Waals surface area contributed by atoms with Crippen molar-refractivity contribution in [1.82, 2.24) is 4.72 Å². The van der Waals surface area contributed by atoms with Crippen LogP contribution in [0.3, 0.4) is 0 Å². The second kappa shape index (κ2) is 5.81. The van der Waals surface area contributed by atoms with Crippen LogP contribution in [0.2, 0.25) is 0 Å². The summed E-state index contributed by atoms with van der Waals surface area (Å²) >= 11 is 6.04. The lowest BCUT2D eigenvalue weighted by atomic mass is 9.89. The first-order valence-electron chi connectivity index (χ1n) is 6.60. The van der Waals surface area contributed by atoms with E-state index in [9.17, 15) is 8.42 Å². The highest BCUT2D eigenvalue weighted by atomic mass is 35.5. The van der Waals surface area contributed by atoms with Gasteiger partial charge in [-0.1, -0.05) is 31.0 Å². The number of benzene rings is 1. The SMILES string of the molecule is Cc1ccccc1S(=O)(=O)NCC1(CCl)CCCC1. The number of rotatable bonds is 5. The molecule has 3 nitrogen and oxygen atoms in total. The number of hydrogen-bond acceptors (Lipinski definition) is 2. The van der Waals surface area contributed by atoms with Gasteiger partial charge in [-0.05, 0) is 36.8 Å². The molecule has 0 radical (unpaired) electrons. The third-order valence-electron chi connectivity index (χ3n) is 3.97. The van der Waals surface area contributed by atoms with Crippen LogP contribution >= 0.6 is 11.6 Å². The zero-order valence-corrected chi connectivity index (χ0v) is 12.7. The van der Waals surface area contributed by atoms with Crippen molar-refractivity contribution in [2.75, 3.05) is 12.4 Å². The monoisotopic (exact) mass is 301 g/mol. The lowest BCUT2D eigenvalue weighted by Crippen LogP contribution is -2.37. The van der Waals surface area contributed by atoms with Crippen molar-refractivity contribution in [3.63, 3.8) is 0 Å². The minimum atomic E-state index is -3.44. The zero-order chi connectivity index (χ0) is 13.9. The second-order valence-electron chi connectivity index (χ2n) is 5.43. The minimum Gasteiger partial charge on any atom is -0.211 e. The molecule has 0 heterocycles. The third-order valence-corrected chi connectivity index (χ3v) is 6.10. The van der Waals surface area contributed by atoms with E-state index in [2.05, 4.69) is 4.72 Å². The van der Waals surface area contributed by atoms with Crippen molar-refractivity contribution in [1.29, 1.82) is 0 Å².